The van der Waals surface area contributed by atoms with E-state index in [9.17, 15) is 0 Å². The summed E-state index contributed by atoms with van der Waals surface area (Å²) in [6.07, 6.45) is 0. The van der Waals surface area contributed by atoms with Crippen LogP contribution >= 0.6 is 34.9 Å². The Morgan fingerprint density at radius 1 is 1.70 bits per heavy atom. The van der Waals surface area contributed by atoms with Gasteiger partial charge in [-0.3, -0.25) is 0 Å². The predicted molar refractivity (Wildman–Crippen MR) is 46.1 cm³/mol. The van der Waals surface area contributed by atoms with Gasteiger partial charge in [0.2, 0.25) is 0 Å². The Morgan fingerprint density at radius 3 is 3.00 bits per heavy atom. The first-order chi connectivity index (χ1) is 4.83. The fourth-order valence-corrected chi connectivity index (χ4v) is 2.14. The number of alkyl halides is 1. The molecular weight excluding hydrogens is 188 g/mol. The zero-order valence-corrected chi connectivity index (χ0v) is 7.89. The smallest absolute Gasteiger partial charge is 0.170 e. The van der Waals surface area contributed by atoms with Gasteiger partial charge in [-0.15, -0.1) is 11.6 Å². The molecule has 0 spiro atoms. The monoisotopic (exact) mass is 194 g/mol. The van der Waals surface area contributed by atoms with Crippen molar-refractivity contribution in [3.8, 4) is 0 Å². The Hall–Kier alpha value is 0.200. The molecule has 1 heterocycles. The van der Waals surface area contributed by atoms with Gasteiger partial charge in [0.05, 0.1) is 0 Å². The second kappa shape index (κ2) is 4.16. The minimum atomic E-state index is 0.670. The molecule has 1 rings (SSSR count). The van der Waals surface area contributed by atoms with E-state index in [0.717, 1.165) is 15.9 Å². The third-order valence-corrected chi connectivity index (χ3v) is 3.15. The summed E-state index contributed by atoms with van der Waals surface area (Å²) in [5.41, 5.74) is 0. The molecule has 0 atom stereocenters. The summed E-state index contributed by atoms with van der Waals surface area (Å²) in [6.45, 7) is 1.89. The Balaban J connectivity index is 2.42. The van der Waals surface area contributed by atoms with Gasteiger partial charge >= 0.3 is 0 Å². The molecule has 0 unspecified atom stereocenters. The van der Waals surface area contributed by atoms with Gasteiger partial charge in [0, 0.05) is 11.6 Å². The van der Waals surface area contributed by atoms with Crippen LogP contribution in [0.3, 0.4) is 0 Å². The average molecular weight is 195 g/mol. The highest BCUT2D eigenvalue weighted by Crippen LogP contribution is 2.19. The third-order valence-electron chi connectivity index (χ3n) is 0.812. The van der Waals surface area contributed by atoms with Gasteiger partial charge in [-0.2, -0.15) is 4.37 Å². The van der Waals surface area contributed by atoms with E-state index in [2.05, 4.69) is 9.36 Å². The van der Waals surface area contributed by atoms with Crippen molar-refractivity contribution in [3.63, 3.8) is 0 Å². The lowest BCUT2D eigenvalue weighted by Crippen LogP contribution is -1.78. The van der Waals surface area contributed by atoms with E-state index in [1.165, 1.54) is 11.5 Å². The Morgan fingerprint density at radius 2 is 2.50 bits per heavy atom. The van der Waals surface area contributed by atoms with Crippen molar-refractivity contribution in [2.24, 2.45) is 0 Å². The molecule has 5 heteroatoms. The molecule has 0 aliphatic heterocycles. The predicted octanol–water partition coefficient (Wildman–Crippen LogP) is 2.18. The molecule has 0 aliphatic rings. The van der Waals surface area contributed by atoms with Gasteiger partial charge < -0.3 is 0 Å². The fraction of sp³-hybridized carbons (Fsp3) is 0.600. The van der Waals surface area contributed by atoms with E-state index in [1.807, 2.05) is 6.92 Å². The molecule has 0 bridgehead atoms. The zero-order valence-electron chi connectivity index (χ0n) is 5.50. The normalized spacial score (nSPS) is 10.2. The number of hydrogen-bond donors (Lipinski definition) is 0. The van der Waals surface area contributed by atoms with Crippen LogP contribution in [0.1, 0.15) is 5.82 Å². The number of nitrogens with zero attached hydrogens (tertiary/aromatic N) is 2. The summed E-state index contributed by atoms with van der Waals surface area (Å²) in [7, 11) is 0. The van der Waals surface area contributed by atoms with E-state index >= 15 is 0 Å². The molecule has 0 saturated heterocycles. The maximum Gasteiger partial charge on any atom is 0.170 e. The highest BCUT2D eigenvalue weighted by atomic mass is 35.5. The van der Waals surface area contributed by atoms with Gasteiger partial charge in [0.25, 0.3) is 0 Å². The van der Waals surface area contributed by atoms with Gasteiger partial charge in [-0.1, -0.05) is 11.8 Å². The average Bonchev–Trinajstić information content (AvgIpc) is 2.31. The van der Waals surface area contributed by atoms with Crippen LogP contribution < -0.4 is 0 Å². The Bertz CT molecular complexity index is 201. The van der Waals surface area contributed by atoms with Crippen LogP contribution in [0.15, 0.2) is 4.34 Å². The van der Waals surface area contributed by atoms with Crippen molar-refractivity contribution >= 4 is 34.9 Å². The molecule has 0 aliphatic carbocycles. The van der Waals surface area contributed by atoms with E-state index in [-0.39, 0.29) is 0 Å². The van der Waals surface area contributed by atoms with Crippen LogP contribution in [-0.2, 0) is 0 Å². The van der Waals surface area contributed by atoms with Crippen molar-refractivity contribution in [2.75, 3.05) is 11.6 Å². The topological polar surface area (TPSA) is 25.8 Å². The molecule has 2 nitrogen and oxygen atoms in total. The van der Waals surface area contributed by atoms with Gasteiger partial charge in [-0.25, -0.2) is 4.98 Å². The number of rotatable bonds is 3. The number of hydrogen-bond acceptors (Lipinski definition) is 4. The van der Waals surface area contributed by atoms with Gasteiger partial charge in [0.15, 0.2) is 4.34 Å². The minimum absolute atomic E-state index is 0.670. The minimum Gasteiger partial charge on any atom is -0.213 e. The van der Waals surface area contributed by atoms with Crippen molar-refractivity contribution in [1.82, 2.24) is 9.36 Å². The van der Waals surface area contributed by atoms with Gasteiger partial charge in [-0.05, 0) is 18.5 Å². The van der Waals surface area contributed by atoms with Gasteiger partial charge in [0.1, 0.15) is 5.82 Å². The fourth-order valence-electron chi connectivity index (χ4n) is 0.463. The van der Waals surface area contributed by atoms with Crippen LogP contribution in [0, 0.1) is 6.92 Å². The lowest BCUT2D eigenvalue weighted by atomic mass is 10.8. The SMILES string of the molecule is Cc1nsc(SCCCl)n1. The van der Waals surface area contributed by atoms with Crippen LogP contribution in [0.25, 0.3) is 0 Å². The molecular formula is C5H7ClN2S2. The second-order valence-electron chi connectivity index (χ2n) is 1.64. The summed E-state index contributed by atoms with van der Waals surface area (Å²) < 4.78 is 5.05. The van der Waals surface area contributed by atoms with Crippen LogP contribution in [0.2, 0.25) is 0 Å². The summed E-state index contributed by atoms with van der Waals surface area (Å²) >= 11 is 8.58. The Labute approximate surface area is 73.2 Å². The standard InChI is InChI=1S/C5H7ClN2S2/c1-4-7-5(10-8-4)9-3-2-6/h2-3H2,1H3. The number of aryl methyl sites for hydroxylation is 1. The lowest BCUT2D eigenvalue weighted by molar-refractivity contribution is 1.10. The van der Waals surface area contributed by atoms with E-state index in [4.69, 9.17) is 11.6 Å². The highest BCUT2D eigenvalue weighted by Gasteiger charge is 1.98. The summed E-state index contributed by atoms with van der Waals surface area (Å²) in [6, 6.07) is 0. The molecule has 10 heavy (non-hydrogen) atoms. The summed E-state index contributed by atoms with van der Waals surface area (Å²) in [5.74, 6) is 2.43. The largest absolute Gasteiger partial charge is 0.213 e. The first-order valence-electron chi connectivity index (χ1n) is 2.82. The third kappa shape index (κ3) is 2.44. The van der Waals surface area contributed by atoms with Crippen molar-refractivity contribution in [2.45, 2.75) is 11.3 Å². The molecule has 0 saturated carbocycles. The first-order valence-corrected chi connectivity index (χ1v) is 5.11. The van der Waals surface area contributed by atoms with Crippen LogP contribution in [-0.4, -0.2) is 21.0 Å². The quantitative estimate of drug-likeness (QED) is 0.545. The molecule has 0 aromatic carbocycles. The molecule has 0 N–H and O–H groups in total. The first kappa shape index (κ1) is 8.30. The zero-order chi connectivity index (χ0) is 7.40. The van der Waals surface area contributed by atoms with E-state index in [1.54, 1.807) is 11.8 Å². The maximum atomic E-state index is 5.49. The van der Waals surface area contributed by atoms with E-state index in [0.29, 0.717) is 5.88 Å². The summed E-state index contributed by atoms with van der Waals surface area (Å²) in [5, 5.41) is 0. The molecule has 56 valence electrons. The lowest BCUT2D eigenvalue weighted by Gasteiger charge is -1.87. The highest BCUT2D eigenvalue weighted by molar-refractivity contribution is 8.01. The molecule has 1 aromatic rings. The number of halogens is 1. The second-order valence-corrected chi connectivity index (χ2v) is 4.12. The number of thioether (sulfide) groups is 1. The molecule has 0 fully saturated rings. The van der Waals surface area contributed by atoms with Crippen molar-refractivity contribution in [1.29, 1.82) is 0 Å². The van der Waals surface area contributed by atoms with Crippen LogP contribution in [0.5, 0.6) is 0 Å². The maximum absolute atomic E-state index is 5.49. The molecule has 0 radical (unpaired) electrons. The molecule has 0 amide bonds. The van der Waals surface area contributed by atoms with Crippen molar-refractivity contribution in [3.05, 3.63) is 5.82 Å². The van der Waals surface area contributed by atoms with E-state index < -0.39 is 0 Å². The summed E-state index contributed by atoms with van der Waals surface area (Å²) in [4.78, 5) is 4.16. The van der Waals surface area contributed by atoms with Crippen LogP contribution in [0.4, 0.5) is 0 Å². The Kier molecular flexibility index (Phi) is 3.45. The van der Waals surface area contributed by atoms with Crippen molar-refractivity contribution < 1.29 is 0 Å². The number of aromatic nitrogens is 2. The molecule has 1 aromatic heterocycles.